The van der Waals surface area contributed by atoms with E-state index < -0.39 is 0 Å². The van der Waals surface area contributed by atoms with Crippen LogP contribution in [0.1, 0.15) is 38.4 Å². The van der Waals surface area contributed by atoms with Crippen molar-refractivity contribution in [3.63, 3.8) is 0 Å². The van der Waals surface area contributed by atoms with Crippen LogP contribution in [0.25, 0.3) is 0 Å². The summed E-state index contributed by atoms with van der Waals surface area (Å²) in [6, 6.07) is 1.64. The van der Waals surface area contributed by atoms with Gasteiger partial charge >= 0.3 is 0 Å². The molecule has 1 unspecified atom stereocenters. The topological polar surface area (TPSA) is 44.2 Å². The molecule has 17 heavy (non-hydrogen) atoms. The van der Waals surface area contributed by atoms with Crippen LogP contribution in [0.2, 0.25) is 5.15 Å². The summed E-state index contributed by atoms with van der Waals surface area (Å²) in [7, 11) is 0. The summed E-state index contributed by atoms with van der Waals surface area (Å²) in [4.78, 5) is 8.48. The van der Waals surface area contributed by atoms with E-state index in [9.17, 15) is 0 Å². The van der Waals surface area contributed by atoms with Crippen LogP contribution in [0.5, 0.6) is 5.88 Å². The number of hydrogen-bond acceptors (Lipinski definition) is 4. The minimum Gasteiger partial charge on any atom is -0.475 e. The maximum atomic E-state index is 5.93. The van der Waals surface area contributed by atoms with Gasteiger partial charge in [-0.25, -0.2) is 4.98 Å². The second-order valence-corrected chi connectivity index (χ2v) is 4.88. The maximum absolute atomic E-state index is 5.93. The van der Waals surface area contributed by atoms with Crippen LogP contribution in [-0.2, 0) is 4.74 Å². The first-order valence-electron chi connectivity index (χ1n) is 5.94. The van der Waals surface area contributed by atoms with E-state index in [0.29, 0.717) is 23.5 Å². The fourth-order valence-electron chi connectivity index (χ4n) is 1.70. The van der Waals surface area contributed by atoms with Crippen LogP contribution in [0.15, 0.2) is 6.07 Å². The molecular weight excluding hydrogens is 240 g/mol. The lowest BCUT2D eigenvalue weighted by molar-refractivity contribution is 0.0662. The fourth-order valence-corrected chi connectivity index (χ4v) is 1.88. The van der Waals surface area contributed by atoms with E-state index >= 15 is 0 Å². The summed E-state index contributed by atoms with van der Waals surface area (Å²) >= 11 is 5.93. The van der Waals surface area contributed by atoms with Crippen molar-refractivity contribution in [2.24, 2.45) is 0 Å². The van der Waals surface area contributed by atoms with Crippen molar-refractivity contribution >= 4 is 11.6 Å². The van der Waals surface area contributed by atoms with Crippen LogP contribution in [-0.4, -0.2) is 29.3 Å². The van der Waals surface area contributed by atoms with Crippen molar-refractivity contribution in [3.8, 4) is 5.88 Å². The van der Waals surface area contributed by atoms with Gasteiger partial charge in [0.25, 0.3) is 0 Å². The average Bonchev–Trinajstić information content (AvgIpc) is 2.78. The first-order valence-corrected chi connectivity index (χ1v) is 6.32. The molecule has 1 aliphatic heterocycles. The van der Waals surface area contributed by atoms with Crippen LogP contribution >= 0.6 is 11.6 Å². The van der Waals surface area contributed by atoms with Gasteiger partial charge in [-0.05, 0) is 12.8 Å². The third-order valence-electron chi connectivity index (χ3n) is 2.65. The van der Waals surface area contributed by atoms with E-state index in [4.69, 9.17) is 21.1 Å². The number of hydrogen-bond donors (Lipinski definition) is 0. The zero-order chi connectivity index (χ0) is 12.3. The third-order valence-corrected chi connectivity index (χ3v) is 2.84. The Bertz CT molecular complexity index is 379. The van der Waals surface area contributed by atoms with Crippen LogP contribution in [0.3, 0.4) is 0 Å². The highest BCUT2D eigenvalue weighted by atomic mass is 35.5. The predicted octanol–water partition coefficient (Wildman–Crippen LogP) is 2.81. The van der Waals surface area contributed by atoms with E-state index in [0.717, 1.165) is 19.4 Å². The summed E-state index contributed by atoms with van der Waals surface area (Å²) in [5.41, 5.74) is 0. The van der Waals surface area contributed by atoms with Crippen molar-refractivity contribution in [1.29, 1.82) is 0 Å². The monoisotopic (exact) mass is 256 g/mol. The molecule has 1 aliphatic rings. The molecule has 0 aliphatic carbocycles. The normalized spacial score (nSPS) is 19.9. The van der Waals surface area contributed by atoms with Gasteiger partial charge in [-0.15, -0.1) is 0 Å². The van der Waals surface area contributed by atoms with Crippen molar-refractivity contribution in [1.82, 2.24) is 9.97 Å². The van der Waals surface area contributed by atoms with E-state index in [1.165, 1.54) is 0 Å². The average molecular weight is 257 g/mol. The first kappa shape index (κ1) is 12.6. The zero-order valence-electron chi connectivity index (χ0n) is 10.1. The molecule has 0 radical (unpaired) electrons. The van der Waals surface area contributed by atoms with E-state index in [1.54, 1.807) is 6.07 Å². The van der Waals surface area contributed by atoms with Crippen LogP contribution < -0.4 is 4.74 Å². The minimum atomic E-state index is 0.186. The Morgan fingerprint density at radius 1 is 1.53 bits per heavy atom. The lowest BCUT2D eigenvalue weighted by Gasteiger charge is -2.12. The largest absolute Gasteiger partial charge is 0.475 e. The van der Waals surface area contributed by atoms with Crippen molar-refractivity contribution in [3.05, 3.63) is 17.0 Å². The van der Waals surface area contributed by atoms with Crippen molar-refractivity contribution in [2.45, 2.75) is 38.7 Å². The fraction of sp³-hybridized carbons (Fsp3) is 0.667. The van der Waals surface area contributed by atoms with Gasteiger partial charge in [-0.3, -0.25) is 0 Å². The van der Waals surface area contributed by atoms with Gasteiger partial charge in [0, 0.05) is 18.6 Å². The van der Waals surface area contributed by atoms with Gasteiger partial charge < -0.3 is 9.47 Å². The SMILES string of the molecule is CC(C)c1nc(Cl)cc(OCC2CCCO2)n1. The molecule has 4 nitrogen and oxygen atoms in total. The molecule has 2 heterocycles. The van der Waals surface area contributed by atoms with Crippen molar-refractivity contribution < 1.29 is 9.47 Å². The van der Waals surface area contributed by atoms with Crippen molar-refractivity contribution in [2.75, 3.05) is 13.2 Å². The second kappa shape index (κ2) is 5.65. The minimum absolute atomic E-state index is 0.186. The molecule has 1 aromatic rings. The summed E-state index contributed by atoms with van der Waals surface area (Å²) in [5.74, 6) is 1.47. The van der Waals surface area contributed by atoms with Gasteiger partial charge in [0.1, 0.15) is 17.6 Å². The summed E-state index contributed by atoms with van der Waals surface area (Å²) in [5, 5.41) is 0.422. The Hall–Kier alpha value is -0.870. The number of aromatic nitrogens is 2. The number of rotatable bonds is 4. The van der Waals surface area contributed by atoms with Crippen LogP contribution in [0.4, 0.5) is 0 Å². The molecular formula is C12H17ClN2O2. The number of nitrogens with zero attached hydrogens (tertiary/aromatic N) is 2. The molecule has 1 aromatic heterocycles. The molecule has 5 heteroatoms. The zero-order valence-corrected chi connectivity index (χ0v) is 10.9. The van der Waals surface area contributed by atoms with E-state index in [2.05, 4.69) is 9.97 Å². The lowest BCUT2D eigenvalue weighted by Crippen LogP contribution is -2.17. The Morgan fingerprint density at radius 3 is 3.00 bits per heavy atom. The van der Waals surface area contributed by atoms with E-state index in [1.807, 2.05) is 13.8 Å². The molecule has 0 amide bonds. The molecule has 94 valence electrons. The van der Waals surface area contributed by atoms with Gasteiger partial charge in [-0.2, -0.15) is 4.98 Å². The smallest absolute Gasteiger partial charge is 0.218 e. The Morgan fingerprint density at radius 2 is 2.35 bits per heavy atom. The van der Waals surface area contributed by atoms with E-state index in [-0.39, 0.29) is 12.0 Å². The molecule has 0 saturated carbocycles. The summed E-state index contributed by atoms with van der Waals surface area (Å²) in [6.45, 7) is 5.41. The number of ether oxygens (including phenoxy) is 2. The first-order chi connectivity index (χ1) is 8.15. The lowest BCUT2D eigenvalue weighted by atomic mass is 10.2. The standard InChI is InChI=1S/C12H17ClN2O2/c1-8(2)12-14-10(13)6-11(15-12)17-7-9-4-3-5-16-9/h6,8-9H,3-5,7H2,1-2H3. The van der Waals surface area contributed by atoms with Gasteiger partial charge in [0.05, 0.1) is 6.10 Å². The molecule has 1 atom stereocenters. The van der Waals surface area contributed by atoms with Gasteiger partial charge in [0.15, 0.2) is 0 Å². The highest BCUT2D eigenvalue weighted by Crippen LogP contribution is 2.20. The summed E-state index contributed by atoms with van der Waals surface area (Å²) in [6.07, 6.45) is 2.34. The van der Waals surface area contributed by atoms with Crippen LogP contribution in [0, 0.1) is 0 Å². The second-order valence-electron chi connectivity index (χ2n) is 4.49. The molecule has 1 fully saturated rings. The molecule has 0 bridgehead atoms. The highest BCUT2D eigenvalue weighted by Gasteiger charge is 2.17. The van der Waals surface area contributed by atoms with Gasteiger partial charge in [-0.1, -0.05) is 25.4 Å². The van der Waals surface area contributed by atoms with Gasteiger partial charge in [0.2, 0.25) is 5.88 Å². The number of halogens is 1. The quantitative estimate of drug-likeness (QED) is 0.777. The Labute approximate surface area is 106 Å². The maximum Gasteiger partial charge on any atom is 0.218 e. The molecule has 0 spiro atoms. The molecule has 2 rings (SSSR count). The predicted molar refractivity (Wildman–Crippen MR) is 65.6 cm³/mol. The Balaban J connectivity index is 1.99. The third kappa shape index (κ3) is 3.54. The highest BCUT2D eigenvalue weighted by molar-refractivity contribution is 6.29. The Kier molecular flexibility index (Phi) is 4.18. The molecule has 0 N–H and O–H groups in total. The summed E-state index contributed by atoms with van der Waals surface area (Å²) < 4.78 is 11.1. The molecule has 1 saturated heterocycles. The molecule has 0 aromatic carbocycles.